The van der Waals surface area contributed by atoms with Crippen molar-refractivity contribution < 1.29 is 17.9 Å². The number of rotatable bonds is 6. The minimum absolute atomic E-state index is 0.00189. The quantitative estimate of drug-likeness (QED) is 0.835. The molecule has 0 saturated heterocycles. The number of aliphatic hydroxyl groups is 1. The molecule has 1 aromatic heterocycles. The molecule has 5 nitrogen and oxygen atoms in total. The molecule has 1 saturated carbocycles. The van der Waals surface area contributed by atoms with E-state index in [-0.39, 0.29) is 17.4 Å². The highest BCUT2D eigenvalue weighted by Crippen LogP contribution is 2.45. The molecular weight excluding hydrogens is 338 g/mol. The zero-order valence-corrected chi connectivity index (χ0v) is 14.2. The van der Waals surface area contributed by atoms with E-state index in [9.17, 15) is 13.5 Å². The highest BCUT2D eigenvalue weighted by atomic mass is 35.5. The second kappa shape index (κ2) is 5.94. The largest absolute Gasteiger partial charge is 0.466 e. The Morgan fingerprint density at radius 1 is 1.39 bits per heavy atom. The standard InChI is InChI=1S/C16H18ClNO4S/c1-11-4-7-13(9-14(11)17)23(20,21)18-10-16(19,12-5-6-12)15-3-2-8-22-15/h2-4,7-9,12,18-19H,5-6,10H2,1H3/t16-/m0/s1. The van der Waals surface area contributed by atoms with Crippen molar-refractivity contribution in [1.82, 2.24) is 4.72 Å². The van der Waals surface area contributed by atoms with Crippen LogP contribution < -0.4 is 4.72 Å². The number of halogens is 1. The van der Waals surface area contributed by atoms with Gasteiger partial charge in [0.15, 0.2) is 0 Å². The Bertz CT molecular complexity index is 799. The van der Waals surface area contributed by atoms with Gasteiger partial charge in [0.1, 0.15) is 11.4 Å². The van der Waals surface area contributed by atoms with Gasteiger partial charge in [-0.25, -0.2) is 13.1 Å². The monoisotopic (exact) mass is 355 g/mol. The molecule has 1 heterocycles. The van der Waals surface area contributed by atoms with Crippen LogP contribution in [-0.4, -0.2) is 20.1 Å². The number of sulfonamides is 1. The van der Waals surface area contributed by atoms with Crippen molar-refractivity contribution in [3.05, 3.63) is 52.9 Å². The average molecular weight is 356 g/mol. The van der Waals surface area contributed by atoms with Gasteiger partial charge in [-0.05, 0) is 55.5 Å². The molecular formula is C16H18ClNO4S. The summed E-state index contributed by atoms with van der Waals surface area (Å²) in [6.07, 6.45) is 3.15. The molecule has 0 amide bonds. The van der Waals surface area contributed by atoms with Crippen LogP contribution in [-0.2, 0) is 15.6 Å². The van der Waals surface area contributed by atoms with Gasteiger partial charge in [0.2, 0.25) is 10.0 Å². The maximum Gasteiger partial charge on any atom is 0.240 e. The molecule has 2 aromatic rings. The molecule has 23 heavy (non-hydrogen) atoms. The van der Waals surface area contributed by atoms with Crippen LogP contribution in [0.1, 0.15) is 24.2 Å². The maximum absolute atomic E-state index is 12.4. The summed E-state index contributed by atoms with van der Waals surface area (Å²) in [4.78, 5) is 0.0747. The molecule has 0 aliphatic heterocycles. The summed E-state index contributed by atoms with van der Waals surface area (Å²) in [6, 6.07) is 7.89. The zero-order chi connectivity index (χ0) is 16.7. The average Bonchev–Trinajstić information content (AvgIpc) is 3.23. The van der Waals surface area contributed by atoms with E-state index in [2.05, 4.69) is 4.72 Å². The first-order chi connectivity index (χ1) is 10.8. The Morgan fingerprint density at radius 3 is 2.70 bits per heavy atom. The van der Waals surface area contributed by atoms with Crippen LogP contribution in [0.2, 0.25) is 5.02 Å². The van der Waals surface area contributed by atoms with Gasteiger partial charge in [0, 0.05) is 11.6 Å². The summed E-state index contributed by atoms with van der Waals surface area (Å²) < 4.78 is 32.7. The maximum atomic E-state index is 12.4. The minimum atomic E-state index is -3.77. The first kappa shape index (κ1) is 16.5. The number of nitrogens with one attached hydrogen (secondary N) is 1. The third kappa shape index (κ3) is 3.30. The number of aryl methyl sites for hydroxylation is 1. The second-order valence-electron chi connectivity index (χ2n) is 5.91. The minimum Gasteiger partial charge on any atom is -0.466 e. The Morgan fingerprint density at radius 2 is 2.13 bits per heavy atom. The fourth-order valence-corrected chi connectivity index (χ4v) is 3.89. The van der Waals surface area contributed by atoms with Gasteiger partial charge >= 0.3 is 0 Å². The highest BCUT2D eigenvalue weighted by Gasteiger charge is 2.47. The van der Waals surface area contributed by atoms with E-state index in [0.29, 0.717) is 10.8 Å². The van der Waals surface area contributed by atoms with E-state index in [0.717, 1.165) is 18.4 Å². The predicted molar refractivity (Wildman–Crippen MR) is 86.7 cm³/mol. The van der Waals surface area contributed by atoms with Crippen molar-refractivity contribution in [2.45, 2.75) is 30.3 Å². The first-order valence-electron chi connectivity index (χ1n) is 7.35. The summed E-state index contributed by atoms with van der Waals surface area (Å²) in [6.45, 7) is 1.66. The van der Waals surface area contributed by atoms with Crippen molar-refractivity contribution in [3.63, 3.8) is 0 Å². The molecule has 124 valence electrons. The second-order valence-corrected chi connectivity index (χ2v) is 8.09. The van der Waals surface area contributed by atoms with Crippen molar-refractivity contribution in [2.24, 2.45) is 5.92 Å². The molecule has 2 N–H and O–H groups in total. The van der Waals surface area contributed by atoms with Gasteiger partial charge in [-0.2, -0.15) is 0 Å². The van der Waals surface area contributed by atoms with Gasteiger partial charge in [0.05, 0.1) is 11.2 Å². The third-order valence-electron chi connectivity index (χ3n) is 4.19. The van der Waals surface area contributed by atoms with Crippen LogP contribution in [0.5, 0.6) is 0 Å². The van der Waals surface area contributed by atoms with Crippen molar-refractivity contribution in [2.75, 3.05) is 6.54 Å². The van der Waals surface area contributed by atoms with Crippen molar-refractivity contribution in [1.29, 1.82) is 0 Å². The molecule has 0 bridgehead atoms. The van der Waals surface area contributed by atoms with Gasteiger partial charge < -0.3 is 9.52 Å². The van der Waals surface area contributed by atoms with Crippen molar-refractivity contribution >= 4 is 21.6 Å². The van der Waals surface area contributed by atoms with Crippen LogP contribution in [0.4, 0.5) is 0 Å². The molecule has 0 spiro atoms. The fourth-order valence-electron chi connectivity index (χ4n) is 2.55. The Labute approximate surface area is 140 Å². The molecule has 1 aliphatic carbocycles. The number of benzene rings is 1. The topological polar surface area (TPSA) is 79.5 Å². The predicted octanol–water partition coefficient (Wildman–Crippen LogP) is 2.82. The van der Waals surface area contributed by atoms with E-state index in [4.69, 9.17) is 16.0 Å². The SMILES string of the molecule is Cc1ccc(S(=O)(=O)NC[C@@](O)(c2ccco2)C2CC2)cc1Cl. The molecule has 1 aliphatic rings. The summed E-state index contributed by atoms with van der Waals surface area (Å²) in [5, 5.41) is 11.3. The van der Waals surface area contributed by atoms with Crippen LogP contribution in [0.15, 0.2) is 45.9 Å². The Kier molecular flexibility index (Phi) is 4.27. The van der Waals surface area contributed by atoms with Gasteiger partial charge in [-0.15, -0.1) is 0 Å². The summed E-state index contributed by atoms with van der Waals surface area (Å²) >= 11 is 6.00. The lowest BCUT2D eigenvalue weighted by atomic mass is 9.95. The molecule has 1 atom stereocenters. The number of hydrogen-bond acceptors (Lipinski definition) is 4. The van der Waals surface area contributed by atoms with Crippen LogP contribution in [0, 0.1) is 12.8 Å². The van der Waals surface area contributed by atoms with Crippen LogP contribution in [0.3, 0.4) is 0 Å². The lowest BCUT2D eigenvalue weighted by Crippen LogP contribution is -2.42. The number of furan rings is 1. The molecule has 0 unspecified atom stereocenters. The van der Waals surface area contributed by atoms with Gasteiger partial charge in [0.25, 0.3) is 0 Å². The fraction of sp³-hybridized carbons (Fsp3) is 0.375. The number of hydrogen-bond donors (Lipinski definition) is 2. The Hall–Kier alpha value is -1.34. The third-order valence-corrected chi connectivity index (χ3v) is 5.99. The van der Waals surface area contributed by atoms with E-state index in [1.807, 2.05) is 0 Å². The van der Waals surface area contributed by atoms with E-state index in [1.165, 1.54) is 18.4 Å². The molecule has 1 fully saturated rings. The van der Waals surface area contributed by atoms with Crippen LogP contribution in [0.25, 0.3) is 0 Å². The molecule has 7 heteroatoms. The Balaban J connectivity index is 1.81. The lowest BCUT2D eigenvalue weighted by molar-refractivity contribution is -0.00224. The molecule has 1 aromatic carbocycles. The first-order valence-corrected chi connectivity index (χ1v) is 9.21. The van der Waals surface area contributed by atoms with Crippen LogP contribution >= 0.6 is 11.6 Å². The molecule has 3 rings (SSSR count). The summed E-state index contributed by atoms with van der Waals surface area (Å²) in [7, 11) is -3.77. The van der Waals surface area contributed by atoms with E-state index < -0.39 is 15.6 Å². The van der Waals surface area contributed by atoms with E-state index >= 15 is 0 Å². The molecule has 0 radical (unpaired) electrons. The smallest absolute Gasteiger partial charge is 0.240 e. The normalized spacial score (nSPS) is 17.9. The summed E-state index contributed by atoms with van der Waals surface area (Å²) in [5.41, 5.74) is -0.527. The summed E-state index contributed by atoms with van der Waals surface area (Å²) in [5.74, 6) is 0.377. The van der Waals surface area contributed by atoms with Crippen molar-refractivity contribution in [3.8, 4) is 0 Å². The highest BCUT2D eigenvalue weighted by molar-refractivity contribution is 7.89. The van der Waals surface area contributed by atoms with Gasteiger partial charge in [-0.3, -0.25) is 0 Å². The lowest BCUT2D eigenvalue weighted by Gasteiger charge is -2.26. The zero-order valence-electron chi connectivity index (χ0n) is 12.6. The van der Waals surface area contributed by atoms with Gasteiger partial charge in [-0.1, -0.05) is 17.7 Å². The van der Waals surface area contributed by atoms with E-state index in [1.54, 1.807) is 25.1 Å².